The second kappa shape index (κ2) is 3.94. The molecule has 0 radical (unpaired) electrons. The van der Waals surface area contributed by atoms with Crippen LogP contribution in [0, 0.1) is 18.3 Å². The highest BCUT2D eigenvalue weighted by Gasteiger charge is 2.06. The molecule has 1 aromatic heterocycles. The second-order valence-corrected chi connectivity index (χ2v) is 3.17. The van der Waals surface area contributed by atoms with E-state index in [1.165, 1.54) is 0 Å². The smallest absolute Gasteiger partial charge is 0.0758 e. The Bertz CT molecular complexity index is 321. The van der Waals surface area contributed by atoms with E-state index < -0.39 is 0 Å². The lowest BCUT2D eigenvalue weighted by atomic mass is 10.2. The summed E-state index contributed by atoms with van der Waals surface area (Å²) >= 11 is 0. The van der Waals surface area contributed by atoms with Gasteiger partial charge in [0, 0.05) is 13.1 Å². The summed E-state index contributed by atoms with van der Waals surface area (Å²) in [6.07, 6.45) is 2.29. The Hall–Kier alpha value is -1.50. The molecular weight excluding hydrogens is 164 g/mol. The van der Waals surface area contributed by atoms with Crippen molar-refractivity contribution in [3.05, 3.63) is 11.9 Å². The highest BCUT2D eigenvalue weighted by Crippen LogP contribution is 2.13. The normalized spacial score (nSPS) is 12.2. The number of rotatable bonds is 3. The number of aromatic nitrogens is 2. The van der Waals surface area contributed by atoms with Gasteiger partial charge in [0.05, 0.1) is 30.1 Å². The molecule has 1 N–H and O–H groups in total. The van der Waals surface area contributed by atoms with Crippen molar-refractivity contribution < 1.29 is 0 Å². The molecule has 13 heavy (non-hydrogen) atoms. The lowest BCUT2D eigenvalue weighted by Crippen LogP contribution is -2.14. The van der Waals surface area contributed by atoms with Crippen LogP contribution < -0.4 is 5.32 Å². The van der Waals surface area contributed by atoms with Crippen LogP contribution in [0.25, 0.3) is 0 Å². The Labute approximate surface area is 78.2 Å². The highest BCUT2D eigenvalue weighted by molar-refractivity contribution is 5.46. The molecule has 0 spiro atoms. The second-order valence-electron chi connectivity index (χ2n) is 3.17. The van der Waals surface area contributed by atoms with Crippen LogP contribution in [0.4, 0.5) is 5.69 Å². The van der Waals surface area contributed by atoms with Gasteiger partial charge in [0.15, 0.2) is 0 Å². The summed E-state index contributed by atoms with van der Waals surface area (Å²) in [5.74, 6) is 0. The Kier molecular flexibility index (Phi) is 2.91. The predicted molar refractivity (Wildman–Crippen MR) is 51.3 cm³/mol. The van der Waals surface area contributed by atoms with Gasteiger partial charge in [0.2, 0.25) is 0 Å². The van der Waals surface area contributed by atoms with Gasteiger partial charge >= 0.3 is 0 Å². The van der Waals surface area contributed by atoms with Crippen molar-refractivity contribution in [1.82, 2.24) is 9.78 Å². The van der Waals surface area contributed by atoms with Gasteiger partial charge in [0.1, 0.15) is 0 Å². The van der Waals surface area contributed by atoms with Crippen LogP contribution in [0.5, 0.6) is 0 Å². The zero-order valence-corrected chi connectivity index (χ0v) is 8.20. The number of nitrogens with one attached hydrogen (secondary N) is 1. The molecule has 1 heterocycles. The molecule has 0 bridgehead atoms. The van der Waals surface area contributed by atoms with Crippen LogP contribution in [0.1, 0.15) is 19.0 Å². The maximum Gasteiger partial charge on any atom is 0.0758 e. The van der Waals surface area contributed by atoms with Crippen LogP contribution in [0.3, 0.4) is 0 Å². The maximum absolute atomic E-state index is 8.48. The minimum atomic E-state index is 0.174. The topological polar surface area (TPSA) is 53.6 Å². The van der Waals surface area contributed by atoms with E-state index in [0.717, 1.165) is 11.4 Å². The molecule has 1 unspecified atom stereocenters. The van der Waals surface area contributed by atoms with E-state index in [2.05, 4.69) is 16.5 Å². The fourth-order valence-corrected chi connectivity index (χ4v) is 1.09. The molecule has 1 atom stereocenters. The van der Waals surface area contributed by atoms with Crippen molar-refractivity contribution >= 4 is 5.69 Å². The van der Waals surface area contributed by atoms with Crippen molar-refractivity contribution in [3.8, 4) is 6.07 Å². The van der Waals surface area contributed by atoms with E-state index in [0.29, 0.717) is 6.42 Å². The van der Waals surface area contributed by atoms with E-state index in [9.17, 15) is 0 Å². The molecular formula is C9H14N4. The lowest BCUT2D eigenvalue weighted by Gasteiger charge is -2.10. The van der Waals surface area contributed by atoms with Crippen LogP contribution in [0.2, 0.25) is 0 Å². The summed E-state index contributed by atoms with van der Waals surface area (Å²) in [5, 5.41) is 15.8. The molecule has 4 heteroatoms. The first kappa shape index (κ1) is 9.59. The van der Waals surface area contributed by atoms with Gasteiger partial charge in [-0.05, 0) is 13.8 Å². The average Bonchev–Trinajstić information content (AvgIpc) is 2.37. The molecule has 70 valence electrons. The monoisotopic (exact) mass is 178 g/mol. The molecule has 0 aliphatic rings. The Morgan fingerprint density at radius 3 is 2.92 bits per heavy atom. The molecule has 0 fully saturated rings. The van der Waals surface area contributed by atoms with Crippen LogP contribution in [0.15, 0.2) is 6.20 Å². The lowest BCUT2D eigenvalue weighted by molar-refractivity contribution is 0.739. The minimum Gasteiger partial charge on any atom is -0.379 e. The Balaban J connectivity index is 2.65. The third kappa shape index (κ3) is 2.22. The Morgan fingerprint density at radius 1 is 1.77 bits per heavy atom. The fraction of sp³-hybridized carbons (Fsp3) is 0.556. The summed E-state index contributed by atoms with van der Waals surface area (Å²) in [4.78, 5) is 0. The van der Waals surface area contributed by atoms with Crippen molar-refractivity contribution in [3.63, 3.8) is 0 Å². The van der Waals surface area contributed by atoms with Gasteiger partial charge in [-0.1, -0.05) is 0 Å². The molecule has 1 aromatic rings. The minimum absolute atomic E-state index is 0.174. The van der Waals surface area contributed by atoms with Crippen LogP contribution >= 0.6 is 0 Å². The third-order valence-electron chi connectivity index (χ3n) is 2.03. The van der Waals surface area contributed by atoms with Crippen molar-refractivity contribution in [2.24, 2.45) is 7.05 Å². The van der Waals surface area contributed by atoms with Gasteiger partial charge in [-0.2, -0.15) is 10.4 Å². The average molecular weight is 178 g/mol. The van der Waals surface area contributed by atoms with Gasteiger partial charge in [-0.15, -0.1) is 0 Å². The predicted octanol–water partition coefficient (Wildman–Crippen LogP) is 1.44. The SMILES string of the molecule is Cc1c(NC(C)CC#N)cnn1C. The number of hydrogen-bond donors (Lipinski definition) is 1. The standard InChI is InChI=1S/C9H14N4/c1-7(4-5-10)12-9-6-11-13(3)8(9)2/h6-7,12H,4H2,1-3H3. The van der Waals surface area contributed by atoms with E-state index in [-0.39, 0.29) is 6.04 Å². The molecule has 0 amide bonds. The molecule has 1 rings (SSSR count). The first-order chi connectivity index (χ1) is 6.15. The molecule has 0 aliphatic heterocycles. The molecule has 4 nitrogen and oxygen atoms in total. The summed E-state index contributed by atoms with van der Waals surface area (Å²) in [5.41, 5.74) is 2.09. The summed E-state index contributed by atoms with van der Waals surface area (Å²) < 4.78 is 1.81. The number of nitriles is 1. The zero-order chi connectivity index (χ0) is 9.84. The molecule has 0 aromatic carbocycles. The summed E-state index contributed by atoms with van der Waals surface area (Å²) in [6, 6.07) is 2.30. The molecule has 0 aliphatic carbocycles. The highest BCUT2D eigenvalue weighted by atomic mass is 15.3. The number of hydrogen-bond acceptors (Lipinski definition) is 3. The van der Waals surface area contributed by atoms with Gasteiger partial charge in [-0.3, -0.25) is 4.68 Å². The van der Waals surface area contributed by atoms with E-state index >= 15 is 0 Å². The molecule has 0 saturated carbocycles. The summed E-state index contributed by atoms with van der Waals surface area (Å²) in [6.45, 7) is 3.98. The number of anilines is 1. The summed E-state index contributed by atoms with van der Waals surface area (Å²) in [7, 11) is 1.90. The zero-order valence-electron chi connectivity index (χ0n) is 8.20. The van der Waals surface area contributed by atoms with Crippen molar-refractivity contribution in [1.29, 1.82) is 5.26 Å². The quantitative estimate of drug-likeness (QED) is 0.762. The van der Waals surface area contributed by atoms with Gasteiger partial charge < -0.3 is 5.32 Å². The first-order valence-electron chi connectivity index (χ1n) is 4.27. The fourth-order valence-electron chi connectivity index (χ4n) is 1.09. The largest absolute Gasteiger partial charge is 0.379 e. The molecule has 0 saturated heterocycles. The Morgan fingerprint density at radius 2 is 2.46 bits per heavy atom. The van der Waals surface area contributed by atoms with Crippen LogP contribution in [-0.2, 0) is 7.05 Å². The maximum atomic E-state index is 8.48. The van der Waals surface area contributed by atoms with E-state index in [1.807, 2.05) is 20.9 Å². The van der Waals surface area contributed by atoms with Gasteiger partial charge in [-0.25, -0.2) is 0 Å². The van der Waals surface area contributed by atoms with Crippen molar-refractivity contribution in [2.75, 3.05) is 5.32 Å². The van der Waals surface area contributed by atoms with Crippen LogP contribution in [-0.4, -0.2) is 15.8 Å². The van der Waals surface area contributed by atoms with Crippen molar-refractivity contribution in [2.45, 2.75) is 26.3 Å². The third-order valence-corrected chi connectivity index (χ3v) is 2.03. The first-order valence-corrected chi connectivity index (χ1v) is 4.27. The number of aryl methyl sites for hydroxylation is 1. The number of nitrogens with zero attached hydrogens (tertiary/aromatic N) is 3. The van der Waals surface area contributed by atoms with E-state index in [4.69, 9.17) is 5.26 Å². The van der Waals surface area contributed by atoms with Gasteiger partial charge in [0.25, 0.3) is 0 Å². The van der Waals surface area contributed by atoms with E-state index in [1.54, 1.807) is 10.9 Å².